The Hall–Kier alpha value is -0.970. The fourth-order valence-electron chi connectivity index (χ4n) is 2.82. The Labute approximate surface area is 141 Å². The van der Waals surface area contributed by atoms with Crippen LogP contribution in [0, 0.1) is 0 Å². The van der Waals surface area contributed by atoms with Crippen LogP contribution in [-0.4, -0.2) is 35.7 Å². The third kappa shape index (κ3) is 3.86. The van der Waals surface area contributed by atoms with Gasteiger partial charge in [0, 0.05) is 19.0 Å². The third-order valence-electron chi connectivity index (χ3n) is 3.79. The summed E-state index contributed by atoms with van der Waals surface area (Å²) in [5, 5.41) is 1.04. The van der Waals surface area contributed by atoms with Gasteiger partial charge in [-0.3, -0.25) is 0 Å². The molecule has 1 aliphatic rings. The second-order valence-corrected chi connectivity index (χ2v) is 7.36. The van der Waals surface area contributed by atoms with Crippen LogP contribution in [0.5, 0.6) is 0 Å². The van der Waals surface area contributed by atoms with E-state index < -0.39 is 5.60 Å². The van der Waals surface area contributed by atoms with Gasteiger partial charge in [0.25, 0.3) is 0 Å². The number of carbonyl (C=O) groups excluding carboxylic acids is 1. The minimum Gasteiger partial charge on any atom is -0.444 e. The fourth-order valence-corrected chi connectivity index (χ4v) is 3.13. The van der Waals surface area contributed by atoms with Gasteiger partial charge in [-0.15, -0.1) is 0 Å². The number of rotatable bonds is 2. The van der Waals surface area contributed by atoms with Gasteiger partial charge in [0.15, 0.2) is 0 Å². The summed E-state index contributed by atoms with van der Waals surface area (Å²) >= 11 is 12.1. The second-order valence-electron chi connectivity index (χ2n) is 6.55. The van der Waals surface area contributed by atoms with E-state index in [9.17, 15) is 4.79 Å². The first-order chi connectivity index (χ1) is 10.2. The molecule has 2 N–H and O–H groups in total. The lowest BCUT2D eigenvalue weighted by atomic mass is 9.92. The van der Waals surface area contributed by atoms with E-state index in [4.69, 9.17) is 33.7 Å². The number of benzene rings is 1. The van der Waals surface area contributed by atoms with Gasteiger partial charge in [0.1, 0.15) is 5.60 Å². The molecular weight excluding hydrogens is 323 g/mol. The lowest BCUT2D eigenvalue weighted by molar-refractivity contribution is 0.0226. The predicted molar refractivity (Wildman–Crippen MR) is 89.6 cm³/mol. The highest BCUT2D eigenvalue weighted by molar-refractivity contribution is 6.42. The molecule has 1 aliphatic heterocycles. The number of nitrogens with zero attached hydrogens (tertiary/aromatic N) is 1. The van der Waals surface area contributed by atoms with Crippen LogP contribution in [0.15, 0.2) is 18.2 Å². The monoisotopic (exact) mass is 344 g/mol. The zero-order valence-electron chi connectivity index (χ0n) is 13.1. The van der Waals surface area contributed by atoms with Crippen molar-refractivity contribution in [2.75, 3.05) is 13.1 Å². The number of nitrogens with two attached hydrogens (primary N) is 1. The van der Waals surface area contributed by atoms with Crippen molar-refractivity contribution in [1.82, 2.24) is 4.90 Å². The van der Waals surface area contributed by atoms with Crippen molar-refractivity contribution in [1.29, 1.82) is 0 Å². The lowest BCUT2D eigenvalue weighted by Gasteiger charge is -2.30. The summed E-state index contributed by atoms with van der Waals surface area (Å²) in [5.74, 6) is 0.146. The van der Waals surface area contributed by atoms with Crippen molar-refractivity contribution in [3.63, 3.8) is 0 Å². The first kappa shape index (κ1) is 17.4. The van der Waals surface area contributed by atoms with E-state index in [0.29, 0.717) is 23.1 Å². The molecule has 6 heteroatoms. The van der Waals surface area contributed by atoms with Crippen molar-refractivity contribution in [2.45, 2.75) is 44.8 Å². The molecule has 1 aromatic rings. The van der Waals surface area contributed by atoms with Gasteiger partial charge in [-0.1, -0.05) is 29.3 Å². The molecular formula is C16H22Cl2N2O2. The molecule has 0 spiro atoms. The SMILES string of the molecule is CC(C)(C)OC(=O)N1CC[C@H](c2ccc(Cl)c(Cl)c2)[C@@H]1CN. The van der Waals surface area contributed by atoms with Crippen LogP contribution in [-0.2, 0) is 4.74 Å². The van der Waals surface area contributed by atoms with Gasteiger partial charge in [0.2, 0.25) is 0 Å². The van der Waals surface area contributed by atoms with Crippen molar-refractivity contribution in [3.8, 4) is 0 Å². The first-order valence-corrected chi connectivity index (χ1v) is 8.13. The lowest BCUT2D eigenvalue weighted by Crippen LogP contribution is -2.44. The van der Waals surface area contributed by atoms with E-state index >= 15 is 0 Å². The standard InChI is InChI=1S/C16H22Cl2N2O2/c1-16(2,3)22-15(21)20-7-6-11(14(20)9-19)10-4-5-12(17)13(18)8-10/h4-5,8,11,14H,6-7,9,19H2,1-3H3/t11-,14+/m1/s1. The molecule has 1 amide bonds. The summed E-state index contributed by atoms with van der Waals surface area (Å²) in [7, 11) is 0. The first-order valence-electron chi connectivity index (χ1n) is 7.37. The highest BCUT2D eigenvalue weighted by Crippen LogP contribution is 2.36. The topological polar surface area (TPSA) is 55.6 Å². The molecule has 122 valence electrons. The third-order valence-corrected chi connectivity index (χ3v) is 4.53. The minimum absolute atomic E-state index is 0.0907. The molecule has 1 fully saturated rings. The average molecular weight is 345 g/mol. The Morgan fingerprint density at radius 2 is 2.05 bits per heavy atom. The molecule has 0 bridgehead atoms. The van der Waals surface area contributed by atoms with E-state index in [2.05, 4.69) is 0 Å². The van der Waals surface area contributed by atoms with Crippen LogP contribution in [0.1, 0.15) is 38.7 Å². The molecule has 0 aromatic heterocycles. The number of hydrogen-bond acceptors (Lipinski definition) is 3. The highest BCUT2D eigenvalue weighted by atomic mass is 35.5. The molecule has 0 unspecified atom stereocenters. The number of halogens is 2. The summed E-state index contributed by atoms with van der Waals surface area (Å²) in [5.41, 5.74) is 6.45. The van der Waals surface area contributed by atoms with E-state index in [1.165, 1.54) is 0 Å². The normalized spacial score (nSPS) is 22.0. The van der Waals surface area contributed by atoms with E-state index in [-0.39, 0.29) is 18.1 Å². The maximum absolute atomic E-state index is 12.3. The van der Waals surface area contributed by atoms with E-state index in [0.717, 1.165) is 12.0 Å². The van der Waals surface area contributed by atoms with Crippen LogP contribution >= 0.6 is 23.2 Å². The molecule has 0 aliphatic carbocycles. The Bertz CT molecular complexity index is 558. The number of carbonyl (C=O) groups is 1. The zero-order valence-corrected chi connectivity index (χ0v) is 14.6. The predicted octanol–water partition coefficient (Wildman–Crippen LogP) is 4.05. The van der Waals surface area contributed by atoms with Gasteiger partial charge in [0.05, 0.1) is 16.1 Å². The fraction of sp³-hybridized carbons (Fsp3) is 0.562. The van der Waals surface area contributed by atoms with Crippen molar-refractivity contribution < 1.29 is 9.53 Å². The molecule has 2 atom stereocenters. The minimum atomic E-state index is -0.516. The number of likely N-dealkylation sites (tertiary alicyclic amines) is 1. The summed E-state index contributed by atoms with van der Waals surface area (Å²) in [4.78, 5) is 14.0. The summed E-state index contributed by atoms with van der Waals surface area (Å²) < 4.78 is 5.47. The second kappa shape index (κ2) is 6.65. The highest BCUT2D eigenvalue weighted by Gasteiger charge is 2.39. The number of hydrogen-bond donors (Lipinski definition) is 1. The Balaban J connectivity index is 2.18. The summed E-state index contributed by atoms with van der Waals surface area (Å²) in [6, 6.07) is 5.49. The number of amides is 1. The van der Waals surface area contributed by atoms with Crippen LogP contribution in [0.25, 0.3) is 0 Å². The van der Waals surface area contributed by atoms with Gasteiger partial charge in [-0.2, -0.15) is 0 Å². The molecule has 2 rings (SSSR count). The zero-order chi connectivity index (χ0) is 16.5. The maximum Gasteiger partial charge on any atom is 0.410 e. The van der Waals surface area contributed by atoms with Crippen molar-refractivity contribution in [2.24, 2.45) is 5.73 Å². The molecule has 1 aromatic carbocycles. The molecule has 22 heavy (non-hydrogen) atoms. The van der Waals surface area contributed by atoms with Crippen molar-refractivity contribution >= 4 is 29.3 Å². The molecule has 0 saturated carbocycles. The van der Waals surface area contributed by atoms with Gasteiger partial charge < -0.3 is 15.4 Å². The Kier molecular flexibility index (Phi) is 5.25. The average Bonchev–Trinajstić information content (AvgIpc) is 2.83. The smallest absolute Gasteiger partial charge is 0.410 e. The molecule has 0 radical (unpaired) electrons. The van der Waals surface area contributed by atoms with Crippen LogP contribution in [0.4, 0.5) is 4.79 Å². The van der Waals surface area contributed by atoms with Crippen LogP contribution in [0.3, 0.4) is 0 Å². The van der Waals surface area contributed by atoms with Gasteiger partial charge >= 0.3 is 6.09 Å². The molecule has 4 nitrogen and oxygen atoms in total. The van der Waals surface area contributed by atoms with Gasteiger partial charge in [-0.25, -0.2) is 4.79 Å². The summed E-state index contributed by atoms with van der Waals surface area (Å²) in [6.07, 6.45) is 0.518. The van der Waals surface area contributed by atoms with Gasteiger partial charge in [-0.05, 0) is 44.9 Å². The number of ether oxygens (including phenoxy) is 1. The summed E-state index contributed by atoms with van der Waals surface area (Å²) in [6.45, 7) is 6.57. The molecule has 1 saturated heterocycles. The maximum atomic E-state index is 12.3. The quantitative estimate of drug-likeness (QED) is 0.880. The largest absolute Gasteiger partial charge is 0.444 e. The van der Waals surface area contributed by atoms with E-state index in [1.54, 1.807) is 11.0 Å². The molecule has 1 heterocycles. The van der Waals surface area contributed by atoms with Crippen LogP contribution in [0.2, 0.25) is 10.0 Å². The van der Waals surface area contributed by atoms with Crippen LogP contribution < -0.4 is 5.73 Å². The Morgan fingerprint density at radius 3 is 2.59 bits per heavy atom. The van der Waals surface area contributed by atoms with E-state index in [1.807, 2.05) is 32.9 Å². The Morgan fingerprint density at radius 1 is 1.36 bits per heavy atom. The van der Waals surface area contributed by atoms with Crippen molar-refractivity contribution in [3.05, 3.63) is 33.8 Å².